The number of pyridine rings is 2. The van der Waals surface area contributed by atoms with Crippen molar-refractivity contribution in [2.24, 2.45) is 0 Å². The zero-order chi connectivity index (χ0) is 24.9. The van der Waals surface area contributed by atoms with Crippen LogP contribution in [0.3, 0.4) is 0 Å². The number of aromatic nitrogens is 5. The SMILES string of the molecule is Cc1ncc(Nc2nc(N[C@H](c3cccs3)[C@H](C)NC(=O)O)c(F)cc2C#N)cc1-n1nccn1. The second kappa shape index (κ2) is 10.1. The Kier molecular flexibility index (Phi) is 6.83. The van der Waals surface area contributed by atoms with Crippen molar-refractivity contribution < 1.29 is 14.3 Å². The van der Waals surface area contributed by atoms with E-state index in [0.717, 1.165) is 10.9 Å². The molecule has 35 heavy (non-hydrogen) atoms. The first-order valence-electron chi connectivity index (χ1n) is 10.4. The summed E-state index contributed by atoms with van der Waals surface area (Å²) in [4.78, 5) is 22.0. The van der Waals surface area contributed by atoms with Crippen LogP contribution >= 0.6 is 11.3 Å². The minimum Gasteiger partial charge on any atom is -0.465 e. The number of anilines is 3. The number of amides is 1. The third kappa shape index (κ3) is 5.33. The Bertz CT molecular complexity index is 1370. The third-order valence-corrected chi connectivity index (χ3v) is 6.00. The summed E-state index contributed by atoms with van der Waals surface area (Å²) in [5.41, 5.74) is 1.77. The van der Waals surface area contributed by atoms with Crippen LogP contribution in [0, 0.1) is 24.1 Å². The van der Waals surface area contributed by atoms with Gasteiger partial charge in [-0.1, -0.05) is 6.07 Å². The molecule has 0 spiro atoms. The summed E-state index contributed by atoms with van der Waals surface area (Å²) < 4.78 is 14.9. The highest BCUT2D eigenvalue weighted by Gasteiger charge is 2.24. The van der Waals surface area contributed by atoms with E-state index < -0.39 is 24.0 Å². The Labute approximate surface area is 203 Å². The highest BCUT2D eigenvalue weighted by atomic mass is 32.1. The van der Waals surface area contributed by atoms with Gasteiger partial charge in [0.2, 0.25) is 0 Å². The number of hydrogen-bond donors (Lipinski definition) is 4. The molecule has 0 aliphatic rings. The Morgan fingerprint density at radius 2 is 2.06 bits per heavy atom. The molecule has 2 atom stereocenters. The molecule has 0 bridgehead atoms. The molecule has 4 rings (SSSR count). The summed E-state index contributed by atoms with van der Waals surface area (Å²) in [7, 11) is 0. The van der Waals surface area contributed by atoms with Crippen LogP contribution in [-0.4, -0.2) is 42.2 Å². The van der Waals surface area contributed by atoms with Crippen LogP contribution in [0.15, 0.2) is 48.2 Å². The van der Waals surface area contributed by atoms with Crippen LogP contribution in [0.2, 0.25) is 0 Å². The molecule has 1 amide bonds. The van der Waals surface area contributed by atoms with Gasteiger partial charge in [0.25, 0.3) is 0 Å². The van der Waals surface area contributed by atoms with Crippen molar-refractivity contribution in [2.75, 3.05) is 10.6 Å². The van der Waals surface area contributed by atoms with Gasteiger partial charge in [-0.25, -0.2) is 14.2 Å². The maximum atomic E-state index is 14.9. The topological polar surface area (TPSA) is 154 Å². The van der Waals surface area contributed by atoms with Gasteiger partial charge >= 0.3 is 6.09 Å². The van der Waals surface area contributed by atoms with Crippen molar-refractivity contribution in [1.29, 1.82) is 5.26 Å². The predicted octanol–water partition coefficient (Wildman–Crippen LogP) is 3.99. The van der Waals surface area contributed by atoms with Crippen LogP contribution in [-0.2, 0) is 0 Å². The van der Waals surface area contributed by atoms with E-state index in [9.17, 15) is 14.4 Å². The highest BCUT2D eigenvalue weighted by Crippen LogP contribution is 2.30. The molecule has 11 nitrogen and oxygen atoms in total. The van der Waals surface area contributed by atoms with E-state index in [0.29, 0.717) is 17.1 Å². The average Bonchev–Trinajstić information content (AvgIpc) is 3.54. The van der Waals surface area contributed by atoms with Gasteiger partial charge in [0, 0.05) is 4.88 Å². The molecule has 0 radical (unpaired) electrons. The van der Waals surface area contributed by atoms with Crippen molar-refractivity contribution in [3.63, 3.8) is 0 Å². The summed E-state index contributed by atoms with van der Waals surface area (Å²) >= 11 is 1.39. The molecular formula is C22H20FN9O2S. The van der Waals surface area contributed by atoms with Crippen molar-refractivity contribution in [3.8, 4) is 11.8 Å². The largest absolute Gasteiger partial charge is 0.465 e. The quantitative estimate of drug-likeness (QED) is 0.285. The number of carboxylic acid groups (broad SMARTS) is 1. The number of nitrogens with zero attached hydrogens (tertiary/aromatic N) is 6. The lowest BCUT2D eigenvalue weighted by Crippen LogP contribution is -2.39. The molecule has 4 aromatic heterocycles. The van der Waals surface area contributed by atoms with Gasteiger partial charge in [0.05, 0.1) is 47.6 Å². The standard InChI is InChI=1S/C22H20FN9O2S/c1-12-17(32-26-5-6-27-32)9-15(11-25-12)29-20-14(10-24)8-16(23)21(31-20)30-19(13(2)28-22(33)34)18-4-3-7-35-18/h3-9,11,13,19,28H,1-2H3,(H,33,34)(H2,29,30,31)/t13-,19-/m0/s1. The van der Waals surface area contributed by atoms with E-state index >= 15 is 0 Å². The molecule has 0 aliphatic heterocycles. The number of carbonyl (C=O) groups is 1. The zero-order valence-electron chi connectivity index (χ0n) is 18.6. The molecule has 4 aromatic rings. The van der Waals surface area contributed by atoms with Crippen molar-refractivity contribution in [3.05, 3.63) is 70.2 Å². The van der Waals surface area contributed by atoms with Crippen LogP contribution in [0.1, 0.15) is 29.1 Å². The van der Waals surface area contributed by atoms with Crippen molar-refractivity contribution in [1.82, 2.24) is 30.3 Å². The Hall–Kier alpha value is -4.57. The Morgan fingerprint density at radius 3 is 2.71 bits per heavy atom. The van der Waals surface area contributed by atoms with Gasteiger partial charge in [-0.2, -0.15) is 15.5 Å². The monoisotopic (exact) mass is 493 g/mol. The number of nitrogens with one attached hydrogen (secondary N) is 3. The number of rotatable bonds is 8. The van der Waals surface area contributed by atoms with Crippen LogP contribution in [0.25, 0.3) is 5.69 Å². The highest BCUT2D eigenvalue weighted by molar-refractivity contribution is 7.10. The number of hydrogen-bond acceptors (Lipinski definition) is 9. The molecule has 13 heteroatoms. The lowest BCUT2D eigenvalue weighted by atomic mass is 10.1. The van der Waals surface area contributed by atoms with Gasteiger partial charge in [-0.3, -0.25) is 4.98 Å². The van der Waals surface area contributed by atoms with Crippen LogP contribution < -0.4 is 16.0 Å². The van der Waals surface area contributed by atoms with E-state index in [-0.39, 0.29) is 17.2 Å². The molecule has 0 saturated heterocycles. The van der Waals surface area contributed by atoms with E-state index in [1.54, 1.807) is 26.1 Å². The van der Waals surface area contributed by atoms with Gasteiger partial charge in [0.15, 0.2) is 17.5 Å². The Morgan fingerprint density at radius 1 is 1.29 bits per heavy atom. The summed E-state index contributed by atoms with van der Waals surface area (Å²) in [6, 6.07) is 7.15. The fourth-order valence-corrected chi connectivity index (χ4v) is 4.26. The molecular weight excluding hydrogens is 473 g/mol. The minimum absolute atomic E-state index is 0.0169. The lowest BCUT2D eigenvalue weighted by Gasteiger charge is -2.25. The normalized spacial score (nSPS) is 12.4. The van der Waals surface area contributed by atoms with Gasteiger partial charge in [-0.15, -0.1) is 16.1 Å². The molecule has 0 saturated carbocycles. The van der Waals surface area contributed by atoms with Crippen molar-refractivity contribution in [2.45, 2.75) is 25.9 Å². The van der Waals surface area contributed by atoms with E-state index in [2.05, 4.69) is 36.1 Å². The summed E-state index contributed by atoms with van der Waals surface area (Å²) in [5, 5.41) is 37.2. The first kappa shape index (κ1) is 23.6. The number of aryl methyl sites for hydroxylation is 1. The molecule has 0 aromatic carbocycles. The lowest BCUT2D eigenvalue weighted by molar-refractivity contribution is 0.189. The fraction of sp³-hybridized carbons (Fsp3) is 0.182. The number of thiophene rings is 1. The summed E-state index contributed by atoms with van der Waals surface area (Å²) in [6.07, 6.45) is 3.43. The van der Waals surface area contributed by atoms with Crippen LogP contribution in [0.5, 0.6) is 0 Å². The summed E-state index contributed by atoms with van der Waals surface area (Å²) in [5.74, 6) is -0.789. The average molecular weight is 494 g/mol. The van der Waals surface area contributed by atoms with Gasteiger partial charge in [-0.05, 0) is 37.4 Å². The minimum atomic E-state index is -1.20. The third-order valence-electron chi connectivity index (χ3n) is 5.05. The summed E-state index contributed by atoms with van der Waals surface area (Å²) in [6.45, 7) is 3.47. The zero-order valence-corrected chi connectivity index (χ0v) is 19.4. The molecule has 0 fully saturated rings. The second-order valence-corrected chi connectivity index (χ2v) is 8.45. The molecule has 178 valence electrons. The maximum absolute atomic E-state index is 14.9. The molecule has 0 unspecified atom stereocenters. The molecule has 0 aliphatic carbocycles. The number of nitriles is 1. The number of halogens is 1. The second-order valence-electron chi connectivity index (χ2n) is 7.47. The smallest absolute Gasteiger partial charge is 0.404 e. The molecule has 4 N–H and O–H groups in total. The maximum Gasteiger partial charge on any atom is 0.404 e. The first-order chi connectivity index (χ1) is 16.9. The van der Waals surface area contributed by atoms with Crippen LogP contribution in [0.4, 0.5) is 26.5 Å². The molecule has 4 heterocycles. The van der Waals surface area contributed by atoms with E-state index in [1.807, 2.05) is 23.6 Å². The predicted molar refractivity (Wildman–Crippen MR) is 127 cm³/mol. The fourth-order valence-electron chi connectivity index (χ4n) is 3.38. The Balaban J connectivity index is 1.67. The van der Waals surface area contributed by atoms with E-state index in [4.69, 9.17) is 5.11 Å². The van der Waals surface area contributed by atoms with Gasteiger partial charge < -0.3 is 21.1 Å². The van der Waals surface area contributed by atoms with E-state index in [1.165, 1.54) is 28.5 Å². The van der Waals surface area contributed by atoms with Crippen molar-refractivity contribution >= 4 is 34.8 Å². The van der Waals surface area contributed by atoms with Gasteiger partial charge in [0.1, 0.15) is 11.8 Å². The first-order valence-corrected chi connectivity index (χ1v) is 11.2.